The van der Waals surface area contributed by atoms with Gasteiger partial charge in [-0.2, -0.15) is 5.10 Å². The number of carbonyl (C=O) groups excluding carboxylic acids is 1. The van der Waals surface area contributed by atoms with Crippen LogP contribution in [0, 0.1) is 0 Å². The first-order valence-corrected chi connectivity index (χ1v) is 7.68. The molecule has 1 aliphatic heterocycles. The molecule has 0 aliphatic carbocycles. The lowest BCUT2D eigenvalue weighted by Crippen LogP contribution is -2.43. The molecule has 1 unspecified atom stereocenters. The summed E-state index contributed by atoms with van der Waals surface area (Å²) in [5.74, 6) is 1.98. The van der Waals surface area contributed by atoms with Crippen LogP contribution < -0.4 is 5.32 Å². The summed E-state index contributed by atoms with van der Waals surface area (Å²) in [6, 6.07) is 9.92. The van der Waals surface area contributed by atoms with Gasteiger partial charge in [0.1, 0.15) is 5.82 Å². The molecule has 2 N–H and O–H groups in total. The van der Waals surface area contributed by atoms with E-state index in [1.165, 1.54) is 0 Å². The van der Waals surface area contributed by atoms with Gasteiger partial charge in [-0.25, -0.2) is 4.98 Å². The molecule has 2 aromatic rings. The first kappa shape index (κ1) is 17.4. The van der Waals surface area contributed by atoms with Crippen LogP contribution in [0.15, 0.2) is 30.3 Å². The highest BCUT2D eigenvalue weighted by Crippen LogP contribution is 2.26. The molecule has 1 amide bonds. The van der Waals surface area contributed by atoms with Crippen molar-refractivity contribution < 1.29 is 4.79 Å². The fourth-order valence-corrected chi connectivity index (χ4v) is 2.86. The summed E-state index contributed by atoms with van der Waals surface area (Å²) in [6.45, 7) is 1.93. The Morgan fingerprint density at radius 1 is 1.39 bits per heavy atom. The number of aromatic nitrogens is 3. The molecule has 0 radical (unpaired) electrons. The lowest BCUT2D eigenvalue weighted by atomic mass is 9.97. The molecule has 2 heterocycles. The van der Waals surface area contributed by atoms with E-state index in [2.05, 4.69) is 20.5 Å². The van der Waals surface area contributed by atoms with Gasteiger partial charge in [0, 0.05) is 24.6 Å². The molecule has 23 heavy (non-hydrogen) atoms. The van der Waals surface area contributed by atoms with Crippen molar-refractivity contribution in [2.75, 3.05) is 26.7 Å². The molecule has 1 saturated heterocycles. The third kappa shape index (κ3) is 4.09. The van der Waals surface area contributed by atoms with Crippen LogP contribution in [0.2, 0.25) is 0 Å². The molecular weight excluding hydrogens is 314 g/mol. The second kappa shape index (κ2) is 8.08. The van der Waals surface area contributed by atoms with Gasteiger partial charge in [-0.15, -0.1) is 12.4 Å². The minimum Gasteiger partial charge on any atom is -0.341 e. The lowest BCUT2D eigenvalue weighted by Gasteiger charge is -2.31. The van der Waals surface area contributed by atoms with E-state index in [0.29, 0.717) is 18.9 Å². The molecule has 0 bridgehead atoms. The topological polar surface area (TPSA) is 73.9 Å². The number of carbonyl (C=O) groups is 1. The molecule has 1 fully saturated rings. The Kier molecular flexibility index (Phi) is 6.12. The van der Waals surface area contributed by atoms with Gasteiger partial charge in [0.2, 0.25) is 5.91 Å². The van der Waals surface area contributed by atoms with Crippen LogP contribution in [0.25, 0.3) is 11.4 Å². The summed E-state index contributed by atoms with van der Waals surface area (Å²) >= 11 is 0. The summed E-state index contributed by atoms with van der Waals surface area (Å²) in [4.78, 5) is 18.6. The molecule has 1 aliphatic rings. The average molecular weight is 336 g/mol. The SMILES string of the molecule is CNCC(=O)N1CCCC(c2nc(-c3ccccc3)n[nH]2)C1.Cl. The maximum absolute atomic E-state index is 12.0. The molecule has 0 saturated carbocycles. The van der Waals surface area contributed by atoms with E-state index in [1.54, 1.807) is 7.05 Å². The number of nitrogens with one attached hydrogen (secondary N) is 2. The van der Waals surface area contributed by atoms with Crippen LogP contribution in [0.5, 0.6) is 0 Å². The second-order valence-electron chi connectivity index (χ2n) is 5.62. The zero-order valence-corrected chi connectivity index (χ0v) is 14.0. The van der Waals surface area contributed by atoms with Crippen molar-refractivity contribution >= 4 is 18.3 Å². The van der Waals surface area contributed by atoms with E-state index in [4.69, 9.17) is 0 Å². The number of benzene rings is 1. The number of rotatable bonds is 4. The summed E-state index contributed by atoms with van der Waals surface area (Å²) in [5.41, 5.74) is 1.00. The van der Waals surface area contributed by atoms with Crippen molar-refractivity contribution in [3.8, 4) is 11.4 Å². The molecule has 3 rings (SSSR count). The number of hydrogen-bond acceptors (Lipinski definition) is 4. The fraction of sp³-hybridized carbons (Fsp3) is 0.438. The lowest BCUT2D eigenvalue weighted by molar-refractivity contribution is -0.131. The van der Waals surface area contributed by atoms with E-state index in [-0.39, 0.29) is 24.2 Å². The van der Waals surface area contributed by atoms with Crippen LogP contribution in [0.4, 0.5) is 0 Å². The number of likely N-dealkylation sites (tertiary alicyclic amines) is 1. The van der Waals surface area contributed by atoms with Crippen molar-refractivity contribution in [3.05, 3.63) is 36.2 Å². The average Bonchev–Trinajstić information content (AvgIpc) is 3.06. The monoisotopic (exact) mass is 335 g/mol. The number of amides is 1. The molecule has 0 spiro atoms. The third-order valence-electron chi connectivity index (χ3n) is 4.02. The van der Waals surface area contributed by atoms with Gasteiger partial charge in [0.25, 0.3) is 0 Å². The van der Waals surface area contributed by atoms with Crippen molar-refractivity contribution in [1.82, 2.24) is 25.4 Å². The van der Waals surface area contributed by atoms with Crippen LogP contribution in [-0.2, 0) is 4.79 Å². The van der Waals surface area contributed by atoms with Gasteiger partial charge in [-0.1, -0.05) is 30.3 Å². The van der Waals surface area contributed by atoms with Gasteiger partial charge in [0.15, 0.2) is 5.82 Å². The maximum atomic E-state index is 12.0. The predicted octanol–water partition coefficient (Wildman–Crippen LogP) is 1.82. The van der Waals surface area contributed by atoms with E-state index in [1.807, 2.05) is 35.2 Å². The number of aromatic amines is 1. The van der Waals surface area contributed by atoms with Crippen LogP contribution >= 0.6 is 12.4 Å². The standard InChI is InChI=1S/C16H21N5O.ClH/c1-17-10-14(22)21-9-5-8-13(11-21)16-18-15(19-20-16)12-6-3-2-4-7-12;/h2-4,6-7,13,17H,5,8-11H2,1H3,(H,18,19,20);1H. The fourth-order valence-electron chi connectivity index (χ4n) is 2.86. The largest absolute Gasteiger partial charge is 0.341 e. The molecule has 6 nitrogen and oxygen atoms in total. The van der Waals surface area contributed by atoms with E-state index in [0.717, 1.165) is 30.8 Å². The number of likely N-dealkylation sites (N-methyl/N-ethyl adjacent to an activating group) is 1. The molecule has 1 aromatic heterocycles. The molecule has 1 aromatic carbocycles. The van der Waals surface area contributed by atoms with Gasteiger partial charge < -0.3 is 10.2 Å². The van der Waals surface area contributed by atoms with Gasteiger partial charge in [-0.05, 0) is 19.9 Å². The number of hydrogen-bond donors (Lipinski definition) is 2. The van der Waals surface area contributed by atoms with Crippen LogP contribution in [0.3, 0.4) is 0 Å². The zero-order chi connectivity index (χ0) is 15.4. The Morgan fingerprint density at radius 2 is 2.17 bits per heavy atom. The predicted molar refractivity (Wildman–Crippen MR) is 91.5 cm³/mol. The molecule has 124 valence electrons. The molecule has 1 atom stereocenters. The smallest absolute Gasteiger partial charge is 0.236 e. The number of halogens is 1. The van der Waals surface area contributed by atoms with E-state index in [9.17, 15) is 4.79 Å². The Balaban J connectivity index is 0.00000192. The van der Waals surface area contributed by atoms with Crippen molar-refractivity contribution in [2.24, 2.45) is 0 Å². The van der Waals surface area contributed by atoms with Crippen molar-refractivity contribution in [2.45, 2.75) is 18.8 Å². The first-order valence-electron chi connectivity index (χ1n) is 7.68. The van der Waals surface area contributed by atoms with E-state index >= 15 is 0 Å². The Morgan fingerprint density at radius 3 is 2.91 bits per heavy atom. The number of H-pyrrole nitrogens is 1. The first-order chi connectivity index (χ1) is 10.8. The van der Waals surface area contributed by atoms with Crippen LogP contribution in [-0.4, -0.2) is 52.7 Å². The molecule has 7 heteroatoms. The summed E-state index contributed by atoms with van der Waals surface area (Å²) in [5, 5.41) is 10.3. The normalized spacial score (nSPS) is 17.6. The quantitative estimate of drug-likeness (QED) is 0.893. The third-order valence-corrected chi connectivity index (χ3v) is 4.02. The van der Waals surface area contributed by atoms with Crippen LogP contribution in [0.1, 0.15) is 24.6 Å². The summed E-state index contributed by atoms with van der Waals surface area (Å²) in [6.07, 6.45) is 2.04. The van der Waals surface area contributed by atoms with Gasteiger partial charge in [-0.3, -0.25) is 9.89 Å². The molecular formula is C16H22ClN5O. The highest BCUT2D eigenvalue weighted by atomic mass is 35.5. The van der Waals surface area contributed by atoms with Crippen molar-refractivity contribution in [1.29, 1.82) is 0 Å². The highest BCUT2D eigenvalue weighted by molar-refractivity contribution is 5.85. The summed E-state index contributed by atoms with van der Waals surface area (Å²) < 4.78 is 0. The Labute approximate surface area is 142 Å². The van der Waals surface area contributed by atoms with Gasteiger partial charge >= 0.3 is 0 Å². The number of piperidine rings is 1. The Bertz CT molecular complexity index is 630. The zero-order valence-electron chi connectivity index (χ0n) is 13.2. The maximum Gasteiger partial charge on any atom is 0.236 e. The van der Waals surface area contributed by atoms with Gasteiger partial charge in [0.05, 0.1) is 6.54 Å². The minimum atomic E-state index is 0. The highest BCUT2D eigenvalue weighted by Gasteiger charge is 2.26. The Hall–Kier alpha value is -1.92. The second-order valence-corrected chi connectivity index (χ2v) is 5.62. The summed E-state index contributed by atoms with van der Waals surface area (Å²) in [7, 11) is 1.79. The number of nitrogens with zero attached hydrogens (tertiary/aromatic N) is 3. The van der Waals surface area contributed by atoms with Crippen molar-refractivity contribution in [3.63, 3.8) is 0 Å². The minimum absolute atomic E-state index is 0. The van der Waals surface area contributed by atoms with E-state index < -0.39 is 0 Å².